The number of thioether (sulfide) groups is 1. The zero-order valence-corrected chi connectivity index (χ0v) is 15.1. The molecule has 0 amide bonds. The van der Waals surface area contributed by atoms with E-state index in [1.54, 1.807) is 14.1 Å². The quantitative estimate of drug-likeness (QED) is 0.725. The SMILES string of the molecule is CSCCC(NS(=O)(=O)c1ccc2c(c1)n(C)c(=O)n2C)C(=O)O. The highest BCUT2D eigenvalue weighted by Crippen LogP contribution is 2.18. The lowest BCUT2D eigenvalue weighted by Crippen LogP contribution is -2.41. The molecule has 1 aromatic carbocycles. The van der Waals surface area contributed by atoms with E-state index < -0.39 is 22.0 Å². The van der Waals surface area contributed by atoms with Gasteiger partial charge in [-0.1, -0.05) is 0 Å². The molecule has 0 aliphatic carbocycles. The minimum Gasteiger partial charge on any atom is -0.480 e. The number of carbonyl (C=O) groups is 1. The topological polar surface area (TPSA) is 110 Å². The second kappa shape index (κ2) is 6.99. The highest BCUT2D eigenvalue weighted by molar-refractivity contribution is 7.98. The lowest BCUT2D eigenvalue weighted by molar-refractivity contribution is -0.139. The van der Waals surface area contributed by atoms with Gasteiger partial charge in [-0.2, -0.15) is 16.5 Å². The number of rotatable bonds is 7. The van der Waals surface area contributed by atoms with Crippen LogP contribution in [0.4, 0.5) is 0 Å². The van der Waals surface area contributed by atoms with E-state index in [1.807, 2.05) is 6.26 Å². The van der Waals surface area contributed by atoms with Crippen LogP contribution in [0.15, 0.2) is 27.9 Å². The van der Waals surface area contributed by atoms with Crippen LogP contribution < -0.4 is 10.4 Å². The Hall–Kier alpha value is -1.78. The van der Waals surface area contributed by atoms with Gasteiger partial charge in [-0.25, -0.2) is 13.2 Å². The Balaban J connectivity index is 2.42. The molecule has 0 saturated carbocycles. The Morgan fingerprint density at radius 3 is 2.50 bits per heavy atom. The highest BCUT2D eigenvalue weighted by atomic mass is 32.2. The van der Waals surface area contributed by atoms with Crippen LogP contribution in [0, 0.1) is 0 Å². The van der Waals surface area contributed by atoms with E-state index in [9.17, 15) is 23.1 Å². The van der Waals surface area contributed by atoms with Crippen LogP contribution in [-0.4, -0.2) is 46.7 Å². The van der Waals surface area contributed by atoms with Crippen LogP contribution >= 0.6 is 11.8 Å². The van der Waals surface area contributed by atoms with E-state index in [0.29, 0.717) is 16.8 Å². The summed E-state index contributed by atoms with van der Waals surface area (Å²) in [5, 5.41) is 9.18. The van der Waals surface area contributed by atoms with Crippen molar-refractivity contribution >= 4 is 38.8 Å². The van der Waals surface area contributed by atoms with E-state index >= 15 is 0 Å². The first-order chi connectivity index (χ1) is 11.2. The fourth-order valence-corrected chi connectivity index (χ4v) is 4.09. The number of hydrogen-bond acceptors (Lipinski definition) is 5. The van der Waals surface area contributed by atoms with Crippen LogP contribution in [0.2, 0.25) is 0 Å². The van der Waals surface area contributed by atoms with Crippen molar-refractivity contribution in [3.8, 4) is 0 Å². The molecule has 2 N–H and O–H groups in total. The van der Waals surface area contributed by atoms with E-state index in [4.69, 9.17) is 0 Å². The van der Waals surface area contributed by atoms with Crippen LogP contribution in [0.25, 0.3) is 11.0 Å². The summed E-state index contributed by atoms with van der Waals surface area (Å²) in [6.07, 6.45) is 2.00. The predicted octanol–water partition coefficient (Wildman–Crippen LogP) is 0.362. The summed E-state index contributed by atoms with van der Waals surface area (Å²) < 4.78 is 29.9. The number of sulfonamides is 1. The molecule has 0 fully saturated rings. The maximum absolute atomic E-state index is 12.5. The molecule has 0 bridgehead atoms. The van der Waals surface area contributed by atoms with Gasteiger partial charge in [0.25, 0.3) is 0 Å². The number of carboxylic acids is 1. The van der Waals surface area contributed by atoms with Gasteiger partial charge in [-0.3, -0.25) is 13.9 Å². The minimum atomic E-state index is -4.01. The molecule has 0 radical (unpaired) electrons. The number of carboxylic acid groups (broad SMARTS) is 1. The van der Waals surface area contributed by atoms with Gasteiger partial charge >= 0.3 is 11.7 Å². The highest BCUT2D eigenvalue weighted by Gasteiger charge is 2.25. The smallest absolute Gasteiger partial charge is 0.328 e. The number of imidazole rings is 1. The van der Waals surface area contributed by atoms with Crippen molar-refractivity contribution in [3.63, 3.8) is 0 Å². The lowest BCUT2D eigenvalue weighted by Gasteiger charge is -2.14. The first kappa shape index (κ1) is 18.6. The normalized spacial score (nSPS) is 13.3. The first-order valence-corrected chi connectivity index (χ1v) is 9.96. The number of aryl methyl sites for hydroxylation is 2. The number of nitrogens with one attached hydrogen (secondary N) is 1. The van der Waals surface area contributed by atoms with E-state index in [1.165, 1.54) is 39.1 Å². The summed E-state index contributed by atoms with van der Waals surface area (Å²) in [6.45, 7) is 0. The fourth-order valence-electron chi connectivity index (χ4n) is 2.38. The number of benzene rings is 1. The van der Waals surface area contributed by atoms with Gasteiger partial charge in [0.2, 0.25) is 10.0 Å². The second-order valence-electron chi connectivity index (χ2n) is 5.34. The molecule has 0 saturated heterocycles. The van der Waals surface area contributed by atoms with Crippen molar-refractivity contribution in [1.29, 1.82) is 0 Å². The maximum atomic E-state index is 12.5. The molecule has 8 nitrogen and oxygen atoms in total. The third-order valence-corrected chi connectivity index (χ3v) is 5.87. The molecule has 0 aliphatic heterocycles. The summed E-state index contributed by atoms with van der Waals surface area (Å²) in [6, 6.07) is 3.06. The molecular formula is C14H19N3O5S2. The molecule has 1 heterocycles. The number of nitrogens with zero attached hydrogens (tertiary/aromatic N) is 2. The summed E-state index contributed by atoms with van der Waals surface area (Å²) in [4.78, 5) is 23.1. The van der Waals surface area contributed by atoms with Crippen LogP contribution in [-0.2, 0) is 28.9 Å². The largest absolute Gasteiger partial charge is 0.480 e. The lowest BCUT2D eigenvalue weighted by atomic mass is 10.2. The zero-order chi connectivity index (χ0) is 18.1. The summed E-state index contributed by atoms with van der Waals surface area (Å²) in [7, 11) is -0.866. The van der Waals surface area contributed by atoms with Gasteiger partial charge in [0.05, 0.1) is 15.9 Å². The Labute approximate surface area is 143 Å². The molecule has 1 aromatic heterocycles. The second-order valence-corrected chi connectivity index (χ2v) is 8.04. The Kier molecular flexibility index (Phi) is 5.41. The van der Waals surface area contributed by atoms with E-state index in [2.05, 4.69) is 4.72 Å². The predicted molar refractivity (Wildman–Crippen MR) is 92.9 cm³/mol. The molecule has 24 heavy (non-hydrogen) atoms. The molecule has 2 rings (SSSR count). The fraction of sp³-hybridized carbons (Fsp3) is 0.429. The number of hydrogen-bond donors (Lipinski definition) is 2. The molecule has 132 valence electrons. The van der Waals surface area contributed by atoms with Gasteiger partial charge < -0.3 is 5.11 Å². The molecule has 1 atom stereocenters. The minimum absolute atomic E-state index is 0.0772. The summed E-state index contributed by atoms with van der Waals surface area (Å²) in [5.74, 6) is -0.702. The average molecular weight is 373 g/mol. The van der Waals surface area contributed by atoms with Crippen molar-refractivity contribution < 1.29 is 18.3 Å². The molecular weight excluding hydrogens is 354 g/mol. The molecule has 2 aromatic rings. The summed E-state index contributed by atoms with van der Waals surface area (Å²) >= 11 is 1.44. The third kappa shape index (κ3) is 3.50. The van der Waals surface area contributed by atoms with Crippen molar-refractivity contribution in [1.82, 2.24) is 13.9 Å². The van der Waals surface area contributed by atoms with Crippen molar-refractivity contribution in [3.05, 3.63) is 28.7 Å². The number of fused-ring (bicyclic) bond motifs is 1. The van der Waals surface area contributed by atoms with Crippen LogP contribution in [0.1, 0.15) is 6.42 Å². The monoisotopic (exact) mass is 373 g/mol. The average Bonchev–Trinajstić information content (AvgIpc) is 2.75. The van der Waals surface area contributed by atoms with Gasteiger partial charge in [-0.15, -0.1) is 0 Å². The molecule has 0 spiro atoms. The van der Waals surface area contributed by atoms with Crippen LogP contribution in [0.3, 0.4) is 0 Å². The van der Waals surface area contributed by atoms with Gasteiger partial charge in [0.1, 0.15) is 6.04 Å². The molecule has 0 aliphatic rings. The van der Waals surface area contributed by atoms with Crippen LogP contribution in [0.5, 0.6) is 0 Å². The van der Waals surface area contributed by atoms with Crippen molar-refractivity contribution in [2.45, 2.75) is 17.4 Å². The van der Waals surface area contributed by atoms with E-state index in [-0.39, 0.29) is 17.0 Å². The van der Waals surface area contributed by atoms with Gasteiger partial charge in [0.15, 0.2) is 0 Å². The Bertz CT molecular complexity index is 930. The van der Waals surface area contributed by atoms with E-state index in [0.717, 1.165) is 0 Å². The molecule has 10 heteroatoms. The number of aliphatic carboxylic acids is 1. The molecule has 1 unspecified atom stereocenters. The first-order valence-electron chi connectivity index (χ1n) is 7.08. The maximum Gasteiger partial charge on any atom is 0.328 e. The van der Waals surface area contributed by atoms with Gasteiger partial charge in [-0.05, 0) is 36.6 Å². The standard InChI is InChI=1S/C14H19N3O5S2/c1-16-11-5-4-9(8-12(11)17(2)14(16)20)24(21,22)15-10(13(18)19)6-7-23-3/h4-5,8,10,15H,6-7H2,1-3H3,(H,18,19). The van der Waals surface area contributed by atoms with Gasteiger partial charge in [0, 0.05) is 14.1 Å². The third-order valence-electron chi connectivity index (χ3n) is 3.76. The Morgan fingerprint density at radius 1 is 1.29 bits per heavy atom. The van der Waals surface area contributed by atoms with Crippen molar-refractivity contribution in [2.24, 2.45) is 14.1 Å². The zero-order valence-electron chi connectivity index (χ0n) is 13.5. The number of aromatic nitrogens is 2. The summed E-state index contributed by atoms with van der Waals surface area (Å²) in [5.41, 5.74) is 0.788. The Morgan fingerprint density at radius 2 is 1.92 bits per heavy atom. The van der Waals surface area contributed by atoms with Crippen molar-refractivity contribution in [2.75, 3.05) is 12.0 Å².